The number of nitrogens with one attached hydrogen (secondary N) is 1. The maximum atomic E-state index is 13.3. The second-order valence-electron chi connectivity index (χ2n) is 5.42. The summed E-state index contributed by atoms with van der Waals surface area (Å²) in [5.41, 5.74) is 3.57. The van der Waals surface area contributed by atoms with Crippen LogP contribution >= 0.6 is 0 Å². The molecule has 23 heavy (non-hydrogen) atoms. The van der Waals surface area contributed by atoms with Gasteiger partial charge in [-0.3, -0.25) is 4.79 Å². The van der Waals surface area contributed by atoms with Crippen molar-refractivity contribution in [3.05, 3.63) is 70.5 Å². The van der Waals surface area contributed by atoms with E-state index in [0.29, 0.717) is 12.1 Å². The lowest BCUT2D eigenvalue weighted by molar-refractivity contribution is 0.303. The number of aromatic nitrogens is 2. The largest absolute Gasteiger partial charge is 0.396 e. The Morgan fingerprint density at radius 1 is 1.30 bits per heavy atom. The summed E-state index contributed by atoms with van der Waals surface area (Å²) >= 11 is 0. The van der Waals surface area contributed by atoms with Crippen molar-refractivity contribution in [2.75, 3.05) is 6.61 Å². The number of hydrogen-bond acceptors (Lipinski definition) is 2. The molecule has 0 saturated heterocycles. The van der Waals surface area contributed by atoms with Crippen molar-refractivity contribution < 1.29 is 9.50 Å². The number of aromatic amines is 1. The van der Waals surface area contributed by atoms with E-state index in [0.717, 1.165) is 16.7 Å². The molecule has 2 N–H and O–H groups in total. The first kappa shape index (κ1) is 15.2. The number of aliphatic hydroxyl groups excluding tert-OH is 1. The molecule has 3 rings (SSSR count). The molecule has 4 nitrogen and oxygen atoms in total. The van der Waals surface area contributed by atoms with E-state index < -0.39 is 5.82 Å². The topological polar surface area (TPSA) is 57.5 Å². The van der Waals surface area contributed by atoms with E-state index in [1.54, 1.807) is 6.20 Å². The number of halogens is 1. The lowest BCUT2D eigenvalue weighted by atomic mass is 10.0. The Kier molecular flexibility index (Phi) is 4.12. The van der Waals surface area contributed by atoms with Crippen molar-refractivity contribution in [3.63, 3.8) is 0 Å². The fourth-order valence-corrected chi connectivity index (χ4v) is 2.55. The van der Waals surface area contributed by atoms with E-state index in [2.05, 4.69) is 4.98 Å². The Morgan fingerprint density at radius 2 is 2.04 bits per heavy atom. The number of nitrogens with zero attached hydrogens (tertiary/aromatic N) is 1. The summed E-state index contributed by atoms with van der Waals surface area (Å²) in [6, 6.07) is 8.93. The van der Waals surface area contributed by atoms with Crippen molar-refractivity contribution in [1.29, 1.82) is 0 Å². The van der Waals surface area contributed by atoms with Crippen molar-refractivity contribution in [2.24, 2.45) is 0 Å². The minimum absolute atomic E-state index is 0.129. The summed E-state index contributed by atoms with van der Waals surface area (Å²) in [5.74, 6) is -0.437. The van der Waals surface area contributed by atoms with Gasteiger partial charge in [-0.25, -0.2) is 4.39 Å². The molecule has 2 heterocycles. The molecular formula is C18H17FN2O2. The zero-order chi connectivity index (χ0) is 16.4. The number of hydrogen-bond donors (Lipinski definition) is 2. The highest BCUT2D eigenvalue weighted by Crippen LogP contribution is 2.21. The fourth-order valence-electron chi connectivity index (χ4n) is 2.55. The molecule has 0 atom stereocenters. The van der Waals surface area contributed by atoms with Crippen LogP contribution in [-0.4, -0.2) is 21.1 Å². The summed E-state index contributed by atoms with van der Waals surface area (Å²) in [6.07, 6.45) is 5.58. The summed E-state index contributed by atoms with van der Waals surface area (Å²) < 4.78 is 14.8. The van der Waals surface area contributed by atoms with E-state index in [1.807, 2.05) is 37.3 Å². The number of fused-ring (bicyclic) bond motifs is 1. The van der Waals surface area contributed by atoms with Crippen molar-refractivity contribution in [2.45, 2.75) is 13.3 Å². The Bertz CT molecular complexity index is 920. The Balaban J connectivity index is 1.97. The molecule has 5 heteroatoms. The van der Waals surface area contributed by atoms with Gasteiger partial charge in [0.1, 0.15) is 11.3 Å². The van der Waals surface area contributed by atoms with Crippen LogP contribution < -0.4 is 5.56 Å². The SMILES string of the molecule is CC(=CCCO)c1ccc(-c2cn3cc(F)cc3c(=O)[nH]2)cc1. The van der Waals surface area contributed by atoms with Gasteiger partial charge >= 0.3 is 0 Å². The highest BCUT2D eigenvalue weighted by molar-refractivity contribution is 5.68. The van der Waals surface area contributed by atoms with Crippen LogP contribution in [0.1, 0.15) is 18.9 Å². The molecule has 0 aliphatic rings. The van der Waals surface area contributed by atoms with Gasteiger partial charge in [0.2, 0.25) is 0 Å². The third kappa shape index (κ3) is 3.10. The first-order chi connectivity index (χ1) is 11.1. The van der Waals surface area contributed by atoms with E-state index in [-0.39, 0.29) is 17.7 Å². The lowest BCUT2D eigenvalue weighted by Crippen LogP contribution is -2.09. The molecule has 1 aromatic carbocycles. The summed E-state index contributed by atoms with van der Waals surface area (Å²) in [5, 5.41) is 8.86. The van der Waals surface area contributed by atoms with Gasteiger partial charge in [0.15, 0.2) is 0 Å². The molecule has 0 unspecified atom stereocenters. The van der Waals surface area contributed by atoms with Crippen molar-refractivity contribution in [3.8, 4) is 11.3 Å². The summed E-state index contributed by atoms with van der Waals surface area (Å²) in [4.78, 5) is 14.8. The molecule has 3 aromatic rings. The van der Waals surface area contributed by atoms with Gasteiger partial charge in [0.05, 0.1) is 5.69 Å². The lowest BCUT2D eigenvalue weighted by Gasteiger charge is -2.06. The molecule has 0 saturated carbocycles. The zero-order valence-electron chi connectivity index (χ0n) is 12.7. The molecule has 0 amide bonds. The quantitative estimate of drug-likeness (QED) is 0.777. The van der Waals surface area contributed by atoms with Crippen LogP contribution in [0.15, 0.2) is 53.6 Å². The maximum Gasteiger partial charge on any atom is 0.272 e. The minimum atomic E-state index is -0.437. The highest BCUT2D eigenvalue weighted by Gasteiger charge is 2.07. The molecular weight excluding hydrogens is 295 g/mol. The third-order valence-electron chi connectivity index (χ3n) is 3.80. The average Bonchev–Trinajstić information content (AvgIpc) is 2.93. The van der Waals surface area contributed by atoms with Crippen LogP contribution in [0.5, 0.6) is 0 Å². The number of aliphatic hydroxyl groups is 1. The minimum Gasteiger partial charge on any atom is -0.396 e. The van der Waals surface area contributed by atoms with Gasteiger partial charge in [0, 0.05) is 25.1 Å². The predicted molar refractivity (Wildman–Crippen MR) is 88.8 cm³/mol. The average molecular weight is 312 g/mol. The van der Waals surface area contributed by atoms with Crippen molar-refractivity contribution >= 4 is 11.1 Å². The third-order valence-corrected chi connectivity index (χ3v) is 3.80. The Morgan fingerprint density at radius 3 is 2.74 bits per heavy atom. The molecule has 0 radical (unpaired) electrons. The smallest absolute Gasteiger partial charge is 0.272 e. The molecule has 2 aromatic heterocycles. The first-order valence-corrected chi connectivity index (χ1v) is 7.37. The van der Waals surface area contributed by atoms with Crippen LogP contribution in [0.3, 0.4) is 0 Å². The van der Waals surface area contributed by atoms with Gasteiger partial charge in [-0.1, -0.05) is 30.3 Å². The van der Waals surface area contributed by atoms with Gasteiger partial charge < -0.3 is 14.5 Å². The monoisotopic (exact) mass is 312 g/mol. The summed E-state index contributed by atoms with van der Waals surface area (Å²) in [7, 11) is 0. The van der Waals surface area contributed by atoms with Gasteiger partial charge in [-0.15, -0.1) is 0 Å². The number of H-pyrrole nitrogens is 1. The first-order valence-electron chi connectivity index (χ1n) is 7.37. The fraction of sp³-hybridized carbons (Fsp3) is 0.167. The van der Waals surface area contributed by atoms with Crippen LogP contribution in [0.25, 0.3) is 22.3 Å². The zero-order valence-corrected chi connectivity index (χ0v) is 12.7. The molecule has 0 fully saturated rings. The van der Waals surface area contributed by atoms with Crippen LogP contribution in [0.2, 0.25) is 0 Å². The second-order valence-corrected chi connectivity index (χ2v) is 5.42. The Labute approximate surface area is 132 Å². The number of allylic oxidation sites excluding steroid dienone is 1. The van der Waals surface area contributed by atoms with E-state index in [9.17, 15) is 9.18 Å². The maximum absolute atomic E-state index is 13.3. The van der Waals surface area contributed by atoms with Crippen LogP contribution in [-0.2, 0) is 0 Å². The molecule has 0 aliphatic carbocycles. The van der Waals surface area contributed by atoms with E-state index in [4.69, 9.17) is 5.11 Å². The van der Waals surface area contributed by atoms with E-state index >= 15 is 0 Å². The van der Waals surface area contributed by atoms with Gasteiger partial charge in [-0.05, 0) is 30.0 Å². The van der Waals surface area contributed by atoms with Crippen LogP contribution in [0, 0.1) is 5.82 Å². The van der Waals surface area contributed by atoms with E-state index in [1.165, 1.54) is 16.7 Å². The molecule has 0 aliphatic heterocycles. The standard InChI is InChI=1S/C18H17FN2O2/c1-12(3-2-8-22)13-4-6-14(7-5-13)16-11-21-10-15(19)9-17(21)18(23)20-16/h3-7,9-11,22H,2,8H2,1H3,(H,20,23). The number of benzene rings is 1. The molecule has 118 valence electrons. The molecule has 0 bridgehead atoms. The Hall–Kier alpha value is -2.66. The number of rotatable bonds is 4. The molecule has 0 spiro atoms. The predicted octanol–water partition coefficient (Wildman–Crippen LogP) is 3.22. The van der Waals surface area contributed by atoms with Gasteiger partial charge in [-0.2, -0.15) is 0 Å². The second kappa shape index (κ2) is 6.22. The highest BCUT2D eigenvalue weighted by atomic mass is 19.1. The normalized spacial score (nSPS) is 12.0. The van der Waals surface area contributed by atoms with Crippen molar-refractivity contribution in [1.82, 2.24) is 9.38 Å². The van der Waals surface area contributed by atoms with Crippen LogP contribution in [0.4, 0.5) is 4.39 Å². The van der Waals surface area contributed by atoms with Gasteiger partial charge in [0.25, 0.3) is 5.56 Å². The summed E-state index contributed by atoms with van der Waals surface area (Å²) in [6.45, 7) is 2.12.